The zero-order chi connectivity index (χ0) is 12.5. The van der Waals surface area contributed by atoms with Gasteiger partial charge in [0, 0.05) is 31.7 Å². The Hall–Kier alpha value is -1.37. The molecular formula is C15H19N3. The van der Waals surface area contributed by atoms with Crippen LogP contribution in [0.25, 0.3) is 0 Å². The number of likely N-dealkylation sites (tertiary alicyclic amines) is 2. The first-order valence-electron chi connectivity index (χ1n) is 6.71. The molecule has 3 nitrogen and oxygen atoms in total. The van der Waals surface area contributed by atoms with Gasteiger partial charge in [-0.1, -0.05) is 30.3 Å². The van der Waals surface area contributed by atoms with Crippen molar-refractivity contribution in [2.45, 2.75) is 38.0 Å². The fourth-order valence-corrected chi connectivity index (χ4v) is 3.34. The number of rotatable bonds is 3. The van der Waals surface area contributed by atoms with Crippen molar-refractivity contribution in [1.82, 2.24) is 9.80 Å². The molecule has 0 aliphatic carbocycles. The normalized spacial score (nSPS) is 29.3. The van der Waals surface area contributed by atoms with E-state index >= 15 is 0 Å². The van der Waals surface area contributed by atoms with Crippen LogP contribution in [0.15, 0.2) is 30.3 Å². The summed E-state index contributed by atoms with van der Waals surface area (Å²) in [6, 6.07) is 14.3. The Labute approximate surface area is 109 Å². The van der Waals surface area contributed by atoms with E-state index in [1.165, 1.54) is 12.0 Å². The van der Waals surface area contributed by atoms with Crippen LogP contribution in [0.1, 0.15) is 18.9 Å². The van der Waals surface area contributed by atoms with E-state index in [4.69, 9.17) is 5.26 Å². The highest BCUT2D eigenvalue weighted by atomic mass is 15.4. The van der Waals surface area contributed by atoms with Crippen molar-refractivity contribution in [3.8, 4) is 6.07 Å². The molecule has 2 bridgehead atoms. The standard InChI is InChI=1S/C15H19N3/c1-12(8-16)18-11-14-7-15(18)10-17(14)9-13-5-3-2-4-6-13/h2-6,12,14-15H,7,9-11H2,1H3. The molecule has 3 heteroatoms. The van der Waals surface area contributed by atoms with Gasteiger partial charge in [-0.15, -0.1) is 0 Å². The molecule has 94 valence electrons. The van der Waals surface area contributed by atoms with Gasteiger partial charge in [-0.3, -0.25) is 9.80 Å². The minimum atomic E-state index is 0.0684. The van der Waals surface area contributed by atoms with Crippen LogP contribution in [0.5, 0.6) is 0 Å². The van der Waals surface area contributed by atoms with Crippen LogP contribution in [0.2, 0.25) is 0 Å². The van der Waals surface area contributed by atoms with E-state index in [0.29, 0.717) is 12.1 Å². The molecule has 3 unspecified atom stereocenters. The molecule has 2 fully saturated rings. The van der Waals surface area contributed by atoms with E-state index in [0.717, 1.165) is 19.6 Å². The highest BCUT2D eigenvalue weighted by Gasteiger charge is 2.44. The van der Waals surface area contributed by atoms with E-state index in [2.05, 4.69) is 46.2 Å². The first kappa shape index (κ1) is 11.7. The van der Waals surface area contributed by atoms with Gasteiger partial charge < -0.3 is 0 Å². The second kappa shape index (κ2) is 4.72. The summed E-state index contributed by atoms with van der Waals surface area (Å²) in [4.78, 5) is 4.94. The monoisotopic (exact) mass is 241 g/mol. The van der Waals surface area contributed by atoms with Crippen molar-refractivity contribution in [2.75, 3.05) is 13.1 Å². The molecule has 0 aromatic heterocycles. The molecule has 0 spiro atoms. The smallest absolute Gasteiger partial charge is 0.0952 e. The van der Waals surface area contributed by atoms with Crippen LogP contribution in [0.4, 0.5) is 0 Å². The molecule has 0 N–H and O–H groups in total. The van der Waals surface area contributed by atoms with Crippen molar-refractivity contribution >= 4 is 0 Å². The zero-order valence-corrected chi connectivity index (χ0v) is 10.8. The Morgan fingerprint density at radius 1 is 1.28 bits per heavy atom. The summed E-state index contributed by atoms with van der Waals surface area (Å²) in [7, 11) is 0. The van der Waals surface area contributed by atoms with Gasteiger partial charge in [-0.2, -0.15) is 5.26 Å². The second-order valence-electron chi connectivity index (χ2n) is 5.46. The van der Waals surface area contributed by atoms with Crippen LogP contribution in [0.3, 0.4) is 0 Å². The third kappa shape index (κ3) is 2.03. The van der Waals surface area contributed by atoms with Crippen LogP contribution in [0, 0.1) is 11.3 Å². The minimum absolute atomic E-state index is 0.0684. The molecule has 18 heavy (non-hydrogen) atoms. The molecule has 3 rings (SSSR count). The highest BCUT2D eigenvalue weighted by Crippen LogP contribution is 2.32. The van der Waals surface area contributed by atoms with Crippen LogP contribution < -0.4 is 0 Å². The number of nitrogens with zero attached hydrogens (tertiary/aromatic N) is 3. The van der Waals surface area contributed by atoms with E-state index in [9.17, 15) is 0 Å². The second-order valence-corrected chi connectivity index (χ2v) is 5.46. The summed E-state index contributed by atoms with van der Waals surface area (Å²) in [5.74, 6) is 0. The lowest BCUT2D eigenvalue weighted by Gasteiger charge is -2.35. The summed E-state index contributed by atoms with van der Waals surface area (Å²) in [6.07, 6.45) is 1.23. The van der Waals surface area contributed by atoms with Crippen molar-refractivity contribution in [1.29, 1.82) is 5.26 Å². The Bertz CT molecular complexity index is 451. The van der Waals surface area contributed by atoms with Crippen molar-refractivity contribution in [2.24, 2.45) is 0 Å². The van der Waals surface area contributed by atoms with Gasteiger partial charge in [0.05, 0.1) is 12.1 Å². The molecule has 2 aliphatic heterocycles. The third-order valence-electron chi connectivity index (χ3n) is 4.31. The molecule has 2 heterocycles. The van der Waals surface area contributed by atoms with Gasteiger partial charge in [0.1, 0.15) is 0 Å². The Balaban J connectivity index is 1.63. The number of benzene rings is 1. The van der Waals surface area contributed by atoms with Gasteiger partial charge in [0.15, 0.2) is 0 Å². The Kier molecular flexibility index (Phi) is 3.07. The summed E-state index contributed by atoms with van der Waals surface area (Å²) < 4.78 is 0. The van der Waals surface area contributed by atoms with Gasteiger partial charge in [-0.05, 0) is 18.9 Å². The Morgan fingerprint density at radius 2 is 2.06 bits per heavy atom. The third-order valence-corrected chi connectivity index (χ3v) is 4.31. The van der Waals surface area contributed by atoms with Crippen LogP contribution in [-0.4, -0.2) is 41.0 Å². The van der Waals surface area contributed by atoms with Gasteiger partial charge in [-0.25, -0.2) is 0 Å². The molecule has 0 amide bonds. The molecule has 3 atom stereocenters. The molecule has 1 aromatic carbocycles. The maximum Gasteiger partial charge on any atom is 0.0952 e. The molecule has 2 aliphatic rings. The number of fused-ring (bicyclic) bond motifs is 2. The molecular weight excluding hydrogens is 222 g/mol. The lowest BCUT2D eigenvalue weighted by molar-refractivity contribution is 0.110. The van der Waals surface area contributed by atoms with E-state index in [1.807, 2.05) is 6.92 Å². The number of piperazine rings is 1. The first-order chi connectivity index (χ1) is 8.78. The van der Waals surface area contributed by atoms with Crippen molar-refractivity contribution in [3.63, 3.8) is 0 Å². The fraction of sp³-hybridized carbons (Fsp3) is 0.533. The van der Waals surface area contributed by atoms with Crippen molar-refractivity contribution < 1.29 is 0 Å². The number of nitriles is 1. The van der Waals surface area contributed by atoms with E-state index in [1.54, 1.807) is 0 Å². The maximum absolute atomic E-state index is 9.02. The average molecular weight is 241 g/mol. The fourth-order valence-electron chi connectivity index (χ4n) is 3.34. The lowest BCUT2D eigenvalue weighted by Crippen LogP contribution is -2.48. The van der Waals surface area contributed by atoms with Gasteiger partial charge in [0.2, 0.25) is 0 Å². The van der Waals surface area contributed by atoms with E-state index in [-0.39, 0.29) is 6.04 Å². The van der Waals surface area contributed by atoms with Gasteiger partial charge >= 0.3 is 0 Å². The average Bonchev–Trinajstić information content (AvgIpc) is 2.98. The minimum Gasteiger partial charge on any atom is -0.293 e. The molecule has 0 radical (unpaired) electrons. The SMILES string of the molecule is CC(C#N)N1CC2CC1CN2Cc1ccccc1. The molecule has 0 saturated carbocycles. The molecule has 2 saturated heterocycles. The molecule has 1 aromatic rings. The van der Waals surface area contributed by atoms with E-state index < -0.39 is 0 Å². The van der Waals surface area contributed by atoms with Crippen LogP contribution >= 0.6 is 0 Å². The number of hydrogen-bond acceptors (Lipinski definition) is 3. The summed E-state index contributed by atoms with van der Waals surface area (Å²) in [6.45, 7) is 5.25. The first-order valence-corrected chi connectivity index (χ1v) is 6.71. The van der Waals surface area contributed by atoms with Crippen LogP contribution in [-0.2, 0) is 6.54 Å². The predicted octanol–water partition coefficient (Wildman–Crippen LogP) is 1.86. The highest BCUT2D eigenvalue weighted by molar-refractivity contribution is 5.16. The van der Waals surface area contributed by atoms with Gasteiger partial charge in [0.25, 0.3) is 0 Å². The Morgan fingerprint density at radius 3 is 2.67 bits per heavy atom. The summed E-state index contributed by atoms with van der Waals surface area (Å²) in [5.41, 5.74) is 1.39. The topological polar surface area (TPSA) is 30.3 Å². The lowest BCUT2D eigenvalue weighted by atomic mass is 10.2. The maximum atomic E-state index is 9.02. The summed E-state index contributed by atoms with van der Waals surface area (Å²) >= 11 is 0. The number of hydrogen-bond donors (Lipinski definition) is 0. The summed E-state index contributed by atoms with van der Waals surface area (Å²) in [5, 5.41) is 9.02. The predicted molar refractivity (Wildman–Crippen MR) is 70.8 cm³/mol. The van der Waals surface area contributed by atoms with Crippen molar-refractivity contribution in [3.05, 3.63) is 35.9 Å². The zero-order valence-electron chi connectivity index (χ0n) is 10.8. The quantitative estimate of drug-likeness (QED) is 0.809. The largest absolute Gasteiger partial charge is 0.293 e.